The minimum absolute atomic E-state index is 0.136. The molecule has 1 fully saturated rings. The number of rotatable bonds is 5. The molecule has 2 rings (SSSR count). The molecule has 1 saturated carbocycles. The molecule has 88 valence electrons. The van der Waals surface area contributed by atoms with Crippen molar-refractivity contribution >= 4 is 0 Å². The summed E-state index contributed by atoms with van der Waals surface area (Å²) in [6, 6.07) is 8.02. The molecular weight excluding hydrogens is 200 g/mol. The first-order valence-electron chi connectivity index (χ1n) is 5.96. The van der Waals surface area contributed by atoms with E-state index in [2.05, 4.69) is 0 Å². The fourth-order valence-corrected chi connectivity index (χ4v) is 1.73. The highest BCUT2D eigenvalue weighted by atomic mass is 16.5. The third kappa shape index (κ3) is 2.56. The van der Waals surface area contributed by atoms with Gasteiger partial charge >= 0.3 is 0 Å². The lowest BCUT2D eigenvalue weighted by Gasteiger charge is -2.25. The van der Waals surface area contributed by atoms with E-state index in [4.69, 9.17) is 4.74 Å². The number of aliphatic hydroxyl groups is 1. The normalized spacial score (nSPS) is 16.2. The zero-order valence-electron chi connectivity index (χ0n) is 10.1. The maximum absolute atomic E-state index is 9.41. The summed E-state index contributed by atoms with van der Waals surface area (Å²) in [7, 11) is 0. The van der Waals surface area contributed by atoms with Crippen LogP contribution < -0.4 is 4.74 Å². The van der Waals surface area contributed by atoms with Crippen LogP contribution in [0.2, 0.25) is 0 Å². The fraction of sp³-hybridized carbons (Fsp3) is 0.571. The lowest BCUT2D eigenvalue weighted by atomic mass is 9.85. The second kappa shape index (κ2) is 4.46. The van der Waals surface area contributed by atoms with Gasteiger partial charge in [0, 0.05) is 11.0 Å². The van der Waals surface area contributed by atoms with Crippen molar-refractivity contribution in [1.29, 1.82) is 0 Å². The number of ether oxygens (including phenoxy) is 1. The van der Waals surface area contributed by atoms with Gasteiger partial charge in [-0.1, -0.05) is 32.0 Å². The molecule has 1 aromatic carbocycles. The maximum atomic E-state index is 9.41. The van der Waals surface area contributed by atoms with Crippen LogP contribution in [-0.4, -0.2) is 18.3 Å². The van der Waals surface area contributed by atoms with Crippen LogP contribution in [0.15, 0.2) is 24.3 Å². The quantitative estimate of drug-likeness (QED) is 0.826. The first kappa shape index (κ1) is 11.5. The summed E-state index contributed by atoms with van der Waals surface area (Å²) >= 11 is 0. The molecule has 0 bridgehead atoms. The topological polar surface area (TPSA) is 29.5 Å². The Labute approximate surface area is 97.3 Å². The van der Waals surface area contributed by atoms with Crippen LogP contribution >= 0.6 is 0 Å². The van der Waals surface area contributed by atoms with Gasteiger partial charge < -0.3 is 9.84 Å². The van der Waals surface area contributed by atoms with Gasteiger partial charge in [0.25, 0.3) is 0 Å². The SMILES string of the molecule is CC(C)(CO)c1ccccc1OCC1CC1. The Morgan fingerprint density at radius 1 is 1.31 bits per heavy atom. The highest BCUT2D eigenvalue weighted by Crippen LogP contribution is 2.34. The van der Waals surface area contributed by atoms with E-state index in [1.165, 1.54) is 12.8 Å². The van der Waals surface area contributed by atoms with Gasteiger partial charge in [-0.15, -0.1) is 0 Å². The predicted molar refractivity (Wildman–Crippen MR) is 64.8 cm³/mol. The van der Waals surface area contributed by atoms with Crippen LogP contribution in [0, 0.1) is 5.92 Å². The molecule has 0 spiro atoms. The van der Waals surface area contributed by atoms with Gasteiger partial charge in [-0.25, -0.2) is 0 Å². The van der Waals surface area contributed by atoms with Gasteiger partial charge in [-0.05, 0) is 24.8 Å². The summed E-state index contributed by atoms with van der Waals surface area (Å²) in [4.78, 5) is 0. The van der Waals surface area contributed by atoms with Crippen molar-refractivity contribution in [3.8, 4) is 5.75 Å². The summed E-state index contributed by atoms with van der Waals surface area (Å²) in [5, 5.41) is 9.41. The second-order valence-electron chi connectivity index (χ2n) is 5.29. The number of benzene rings is 1. The monoisotopic (exact) mass is 220 g/mol. The van der Waals surface area contributed by atoms with E-state index in [1.54, 1.807) is 0 Å². The first-order chi connectivity index (χ1) is 7.63. The zero-order valence-corrected chi connectivity index (χ0v) is 10.1. The fourth-order valence-electron chi connectivity index (χ4n) is 1.73. The first-order valence-corrected chi connectivity index (χ1v) is 5.96. The molecule has 0 radical (unpaired) electrons. The molecule has 1 aromatic rings. The van der Waals surface area contributed by atoms with Crippen LogP contribution in [0.1, 0.15) is 32.3 Å². The van der Waals surface area contributed by atoms with Gasteiger partial charge in [0.05, 0.1) is 13.2 Å². The molecule has 2 nitrogen and oxygen atoms in total. The van der Waals surface area contributed by atoms with Gasteiger partial charge in [-0.2, -0.15) is 0 Å². The van der Waals surface area contributed by atoms with Crippen LogP contribution in [0.3, 0.4) is 0 Å². The van der Waals surface area contributed by atoms with Gasteiger partial charge in [-0.3, -0.25) is 0 Å². The Hall–Kier alpha value is -1.02. The van der Waals surface area contributed by atoms with Crippen molar-refractivity contribution in [2.24, 2.45) is 5.92 Å². The molecule has 1 aliphatic carbocycles. The summed E-state index contributed by atoms with van der Waals surface area (Å²) in [6.07, 6.45) is 2.59. The lowest BCUT2D eigenvalue weighted by molar-refractivity contribution is 0.211. The molecule has 16 heavy (non-hydrogen) atoms. The molecule has 0 amide bonds. The molecule has 0 aliphatic heterocycles. The Kier molecular flexibility index (Phi) is 3.20. The highest BCUT2D eigenvalue weighted by molar-refractivity contribution is 5.38. The number of para-hydroxylation sites is 1. The third-order valence-electron chi connectivity index (χ3n) is 3.18. The largest absolute Gasteiger partial charge is 0.493 e. The smallest absolute Gasteiger partial charge is 0.123 e. The standard InChI is InChI=1S/C14H20O2/c1-14(2,10-15)12-5-3-4-6-13(12)16-9-11-7-8-11/h3-6,11,15H,7-10H2,1-2H3. The average molecular weight is 220 g/mol. The molecular formula is C14H20O2. The summed E-state index contributed by atoms with van der Waals surface area (Å²) in [6.45, 7) is 5.02. The second-order valence-corrected chi connectivity index (χ2v) is 5.29. The summed E-state index contributed by atoms with van der Waals surface area (Å²) in [5.41, 5.74) is 0.860. The maximum Gasteiger partial charge on any atom is 0.123 e. The zero-order chi connectivity index (χ0) is 11.6. The van der Waals surface area contributed by atoms with E-state index in [0.717, 1.165) is 23.8 Å². The van der Waals surface area contributed by atoms with Gasteiger partial charge in [0.15, 0.2) is 0 Å². The molecule has 0 unspecified atom stereocenters. The third-order valence-corrected chi connectivity index (χ3v) is 3.18. The Morgan fingerprint density at radius 3 is 2.62 bits per heavy atom. The van der Waals surface area contributed by atoms with E-state index in [0.29, 0.717) is 0 Å². The summed E-state index contributed by atoms with van der Waals surface area (Å²) in [5.74, 6) is 1.68. The molecule has 1 aliphatic rings. The predicted octanol–water partition coefficient (Wildman–Crippen LogP) is 2.75. The molecule has 0 heterocycles. The molecule has 0 atom stereocenters. The molecule has 0 aromatic heterocycles. The minimum atomic E-state index is -0.236. The number of aliphatic hydroxyl groups excluding tert-OH is 1. The van der Waals surface area contributed by atoms with Crippen molar-refractivity contribution < 1.29 is 9.84 Å². The van der Waals surface area contributed by atoms with E-state index < -0.39 is 0 Å². The van der Waals surface area contributed by atoms with Gasteiger partial charge in [0.2, 0.25) is 0 Å². The van der Waals surface area contributed by atoms with E-state index in [1.807, 2.05) is 38.1 Å². The van der Waals surface area contributed by atoms with Crippen molar-refractivity contribution in [2.75, 3.05) is 13.2 Å². The Morgan fingerprint density at radius 2 is 2.00 bits per heavy atom. The summed E-state index contributed by atoms with van der Waals surface area (Å²) < 4.78 is 5.84. The van der Waals surface area contributed by atoms with E-state index >= 15 is 0 Å². The van der Waals surface area contributed by atoms with Gasteiger partial charge in [0.1, 0.15) is 5.75 Å². The van der Waals surface area contributed by atoms with Crippen molar-refractivity contribution in [1.82, 2.24) is 0 Å². The lowest BCUT2D eigenvalue weighted by Crippen LogP contribution is -2.23. The van der Waals surface area contributed by atoms with Crippen molar-refractivity contribution in [3.05, 3.63) is 29.8 Å². The number of hydrogen-bond acceptors (Lipinski definition) is 2. The van der Waals surface area contributed by atoms with Crippen LogP contribution in [0.5, 0.6) is 5.75 Å². The highest BCUT2D eigenvalue weighted by Gasteiger charge is 2.26. The minimum Gasteiger partial charge on any atom is -0.493 e. The van der Waals surface area contributed by atoms with Crippen molar-refractivity contribution in [3.63, 3.8) is 0 Å². The van der Waals surface area contributed by atoms with Crippen LogP contribution in [-0.2, 0) is 5.41 Å². The average Bonchev–Trinajstić information content (AvgIpc) is 3.10. The molecule has 1 N–H and O–H groups in total. The Balaban J connectivity index is 2.15. The van der Waals surface area contributed by atoms with Crippen molar-refractivity contribution in [2.45, 2.75) is 32.1 Å². The Bertz CT molecular complexity index is 354. The van der Waals surface area contributed by atoms with E-state index in [9.17, 15) is 5.11 Å². The van der Waals surface area contributed by atoms with E-state index in [-0.39, 0.29) is 12.0 Å². The van der Waals surface area contributed by atoms with Crippen LogP contribution in [0.4, 0.5) is 0 Å². The van der Waals surface area contributed by atoms with Crippen LogP contribution in [0.25, 0.3) is 0 Å². The number of hydrogen-bond donors (Lipinski definition) is 1. The molecule has 2 heteroatoms. The molecule has 0 saturated heterocycles.